The average molecular weight is 248 g/mol. The lowest BCUT2D eigenvalue weighted by atomic mass is 9.95. The fourth-order valence-electron chi connectivity index (χ4n) is 2.14. The molecule has 3 nitrogen and oxygen atoms in total. The van der Waals surface area contributed by atoms with Gasteiger partial charge in [0.05, 0.1) is 13.0 Å². The van der Waals surface area contributed by atoms with Crippen LogP contribution in [0.2, 0.25) is 0 Å². The normalized spacial score (nSPS) is 11.4. The molecule has 1 aromatic carbocycles. The molecule has 0 heterocycles. The zero-order valence-corrected chi connectivity index (χ0v) is 11.4. The van der Waals surface area contributed by atoms with Gasteiger partial charge in [-0.3, -0.25) is 4.79 Å². The third kappa shape index (κ3) is 3.62. The summed E-state index contributed by atoms with van der Waals surface area (Å²) in [7, 11) is 0. The van der Waals surface area contributed by atoms with Crippen molar-refractivity contribution in [2.24, 2.45) is 0 Å². The molecular weight excluding hydrogens is 228 g/mol. The molecule has 1 aromatic rings. The Balaban J connectivity index is 3.09. The molecule has 0 saturated carbocycles. The summed E-state index contributed by atoms with van der Waals surface area (Å²) in [4.78, 5) is 10.6. The van der Waals surface area contributed by atoms with Crippen LogP contribution in [0.4, 0.5) is 0 Å². The fourth-order valence-corrected chi connectivity index (χ4v) is 2.14. The summed E-state index contributed by atoms with van der Waals surface area (Å²) in [5, 5.41) is 8.70. The maximum absolute atomic E-state index is 10.6. The highest BCUT2D eigenvalue weighted by Crippen LogP contribution is 2.27. The lowest BCUT2D eigenvalue weighted by Crippen LogP contribution is -1.97. The summed E-state index contributed by atoms with van der Waals surface area (Å²) in [6, 6.07) is 3.98. The number of carbonyl (C=O) groups is 1. The first-order valence-electron chi connectivity index (χ1n) is 6.08. The van der Waals surface area contributed by atoms with E-state index >= 15 is 0 Å². The highest BCUT2D eigenvalue weighted by atomic mass is 16.5. The van der Waals surface area contributed by atoms with Gasteiger partial charge in [0.2, 0.25) is 0 Å². The Kier molecular flexibility index (Phi) is 4.95. The van der Waals surface area contributed by atoms with E-state index in [1.54, 1.807) is 6.08 Å². The second-order valence-corrected chi connectivity index (χ2v) is 4.35. The van der Waals surface area contributed by atoms with Crippen LogP contribution in [-0.4, -0.2) is 17.7 Å². The van der Waals surface area contributed by atoms with Crippen LogP contribution in [0.3, 0.4) is 0 Å². The molecule has 0 aliphatic rings. The highest BCUT2D eigenvalue weighted by molar-refractivity contribution is 5.75. The quantitative estimate of drug-likeness (QED) is 0.866. The number of aliphatic carboxylic acids is 1. The van der Waals surface area contributed by atoms with Gasteiger partial charge >= 0.3 is 5.97 Å². The van der Waals surface area contributed by atoms with Gasteiger partial charge in [-0.25, -0.2) is 0 Å². The molecule has 18 heavy (non-hydrogen) atoms. The molecular formula is C15H20O3. The lowest BCUT2D eigenvalue weighted by molar-refractivity contribution is -0.135. The predicted octanol–water partition coefficient (Wildman–Crippen LogP) is 3.58. The van der Waals surface area contributed by atoms with Gasteiger partial charge in [0.1, 0.15) is 5.75 Å². The fraction of sp³-hybridized carbons (Fsp3) is 0.400. The van der Waals surface area contributed by atoms with Crippen molar-refractivity contribution in [3.05, 3.63) is 34.9 Å². The second-order valence-electron chi connectivity index (χ2n) is 4.35. The van der Waals surface area contributed by atoms with Gasteiger partial charge in [-0.05, 0) is 62.1 Å². The van der Waals surface area contributed by atoms with E-state index in [0.717, 1.165) is 28.0 Å². The number of benzene rings is 1. The zero-order valence-electron chi connectivity index (χ0n) is 11.4. The third-order valence-corrected chi connectivity index (χ3v) is 2.79. The molecule has 0 fully saturated rings. The number of hydrogen-bond donors (Lipinski definition) is 1. The van der Waals surface area contributed by atoms with Crippen molar-refractivity contribution in [1.29, 1.82) is 0 Å². The van der Waals surface area contributed by atoms with Crippen molar-refractivity contribution < 1.29 is 14.6 Å². The molecule has 0 aliphatic heterocycles. The van der Waals surface area contributed by atoms with Gasteiger partial charge in [0, 0.05) is 0 Å². The average Bonchev–Trinajstić information content (AvgIpc) is 2.25. The van der Waals surface area contributed by atoms with Crippen LogP contribution in [0.15, 0.2) is 18.2 Å². The summed E-state index contributed by atoms with van der Waals surface area (Å²) < 4.78 is 5.49. The molecule has 0 bridgehead atoms. The van der Waals surface area contributed by atoms with E-state index in [0.29, 0.717) is 6.61 Å². The molecule has 1 N–H and O–H groups in total. The number of aryl methyl sites for hydroxylation is 2. The van der Waals surface area contributed by atoms with E-state index in [1.165, 1.54) is 0 Å². The summed E-state index contributed by atoms with van der Waals surface area (Å²) in [5.74, 6) is 0.0536. The Morgan fingerprint density at radius 3 is 2.33 bits per heavy atom. The standard InChI is InChI=1S/C15H20O3/c1-5-18-13-8-11(3)15(12(4)9-13)10(2)6-7-14(16)17/h6,8-9H,5,7H2,1-4H3,(H,16,17)/b10-6+. The molecule has 98 valence electrons. The highest BCUT2D eigenvalue weighted by Gasteiger charge is 2.08. The van der Waals surface area contributed by atoms with E-state index in [9.17, 15) is 4.79 Å². The Bertz CT molecular complexity index is 450. The van der Waals surface area contributed by atoms with Gasteiger partial charge in [0.25, 0.3) is 0 Å². The number of carboxylic acids is 1. The van der Waals surface area contributed by atoms with Crippen LogP contribution in [0, 0.1) is 13.8 Å². The lowest BCUT2D eigenvalue weighted by Gasteiger charge is -2.13. The SMILES string of the molecule is CCOc1cc(C)c(/C(C)=C/CC(=O)O)c(C)c1. The van der Waals surface area contributed by atoms with Crippen molar-refractivity contribution in [2.45, 2.75) is 34.1 Å². The molecule has 0 amide bonds. The Hall–Kier alpha value is -1.77. The summed E-state index contributed by atoms with van der Waals surface area (Å²) in [6.45, 7) is 8.58. The molecule has 0 aromatic heterocycles. The molecule has 3 heteroatoms. The van der Waals surface area contributed by atoms with Gasteiger partial charge in [-0.1, -0.05) is 6.08 Å². The first kappa shape index (κ1) is 14.3. The number of hydrogen-bond acceptors (Lipinski definition) is 2. The molecule has 0 unspecified atom stereocenters. The maximum atomic E-state index is 10.6. The molecule has 0 aliphatic carbocycles. The van der Waals surface area contributed by atoms with Crippen LogP contribution in [0.1, 0.15) is 37.0 Å². The minimum atomic E-state index is -0.810. The Morgan fingerprint density at radius 2 is 1.89 bits per heavy atom. The summed E-state index contributed by atoms with van der Waals surface area (Å²) in [6.07, 6.45) is 1.80. The molecule has 0 spiro atoms. The van der Waals surface area contributed by atoms with E-state index in [1.807, 2.05) is 39.8 Å². The predicted molar refractivity (Wildman–Crippen MR) is 73.0 cm³/mol. The van der Waals surface area contributed by atoms with Crippen molar-refractivity contribution >= 4 is 11.5 Å². The van der Waals surface area contributed by atoms with Gasteiger partial charge < -0.3 is 9.84 Å². The number of rotatable bonds is 5. The maximum Gasteiger partial charge on any atom is 0.307 e. The van der Waals surface area contributed by atoms with E-state index < -0.39 is 5.97 Å². The van der Waals surface area contributed by atoms with Gasteiger partial charge in [0.15, 0.2) is 0 Å². The van der Waals surface area contributed by atoms with Crippen molar-refractivity contribution in [3.63, 3.8) is 0 Å². The van der Waals surface area contributed by atoms with E-state index in [4.69, 9.17) is 9.84 Å². The molecule has 0 saturated heterocycles. The molecule has 0 radical (unpaired) electrons. The number of carboxylic acid groups (broad SMARTS) is 1. The van der Waals surface area contributed by atoms with E-state index in [2.05, 4.69) is 0 Å². The van der Waals surface area contributed by atoms with Crippen LogP contribution in [-0.2, 0) is 4.79 Å². The second kappa shape index (κ2) is 6.24. The van der Waals surface area contributed by atoms with Crippen LogP contribution >= 0.6 is 0 Å². The van der Waals surface area contributed by atoms with Gasteiger partial charge in [-0.15, -0.1) is 0 Å². The largest absolute Gasteiger partial charge is 0.494 e. The van der Waals surface area contributed by atoms with Crippen LogP contribution < -0.4 is 4.74 Å². The molecule has 1 rings (SSSR count). The molecule has 0 atom stereocenters. The minimum Gasteiger partial charge on any atom is -0.494 e. The first-order chi connectivity index (χ1) is 8.45. The summed E-state index contributed by atoms with van der Waals surface area (Å²) >= 11 is 0. The van der Waals surface area contributed by atoms with E-state index in [-0.39, 0.29) is 6.42 Å². The Morgan fingerprint density at radius 1 is 1.33 bits per heavy atom. The summed E-state index contributed by atoms with van der Waals surface area (Å²) in [5.41, 5.74) is 4.32. The van der Waals surface area contributed by atoms with Crippen LogP contribution in [0.5, 0.6) is 5.75 Å². The third-order valence-electron chi connectivity index (χ3n) is 2.79. The van der Waals surface area contributed by atoms with Crippen molar-refractivity contribution in [3.8, 4) is 5.75 Å². The Labute approximate surface area is 108 Å². The van der Waals surface area contributed by atoms with Crippen molar-refractivity contribution in [2.75, 3.05) is 6.61 Å². The van der Waals surface area contributed by atoms with Crippen molar-refractivity contribution in [1.82, 2.24) is 0 Å². The van der Waals surface area contributed by atoms with Gasteiger partial charge in [-0.2, -0.15) is 0 Å². The van der Waals surface area contributed by atoms with Crippen LogP contribution in [0.25, 0.3) is 5.57 Å². The number of ether oxygens (including phenoxy) is 1. The monoisotopic (exact) mass is 248 g/mol. The smallest absolute Gasteiger partial charge is 0.307 e. The topological polar surface area (TPSA) is 46.5 Å². The minimum absolute atomic E-state index is 0.0535. The zero-order chi connectivity index (χ0) is 13.7. The number of allylic oxidation sites excluding steroid dienone is 1. The first-order valence-corrected chi connectivity index (χ1v) is 6.08.